The lowest BCUT2D eigenvalue weighted by Crippen LogP contribution is -2.31. The molecule has 6 nitrogen and oxygen atoms in total. The van der Waals surface area contributed by atoms with Gasteiger partial charge in [-0.3, -0.25) is 4.79 Å². The second-order valence-electron chi connectivity index (χ2n) is 6.37. The van der Waals surface area contributed by atoms with E-state index < -0.39 is 15.1 Å². The van der Waals surface area contributed by atoms with Crippen molar-refractivity contribution in [3.8, 4) is 11.5 Å². The van der Waals surface area contributed by atoms with Gasteiger partial charge >= 0.3 is 0 Å². The molecule has 1 aliphatic heterocycles. The van der Waals surface area contributed by atoms with Crippen LogP contribution in [0.2, 0.25) is 0 Å². The molecule has 2 aromatic rings. The molecule has 0 N–H and O–H groups in total. The van der Waals surface area contributed by atoms with Gasteiger partial charge in [0.05, 0.1) is 30.1 Å². The van der Waals surface area contributed by atoms with Crippen LogP contribution in [0, 0.1) is 0 Å². The Hall–Kier alpha value is -2.54. The molecule has 1 amide bonds. The van der Waals surface area contributed by atoms with Crippen molar-refractivity contribution < 1.29 is 22.7 Å². The summed E-state index contributed by atoms with van der Waals surface area (Å²) in [6, 6.07) is 11.7. The lowest BCUT2D eigenvalue weighted by atomic mass is 10.1. The number of ether oxygens (including phenoxy) is 2. The van der Waals surface area contributed by atoms with Gasteiger partial charge in [-0.25, -0.2) is 8.42 Å². The third kappa shape index (κ3) is 3.39. The topological polar surface area (TPSA) is 72.9 Å². The molecule has 27 heavy (non-hydrogen) atoms. The van der Waals surface area contributed by atoms with Crippen LogP contribution in [0.4, 0.5) is 5.69 Å². The summed E-state index contributed by atoms with van der Waals surface area (Å²) in [7, 11) is -0.751. The fraction of sp³-hybridized carbons (Fsp3) is 0.350. The Morgan fingerprint density at radius 1 is 1.07 bits per heavy atom. The number of anilines is 1. The highest BCUT2D eigenvalue weighted by Crippen LogP contribution is 2.42. The minimum atomic E-state index is -3.76. The number of benzene rings is 2. The SMILES string of the molecule is CCCN1C(=O)CC(c2ccc(OC)c(OC)c2)S(=O)(=O)c2ccccc21. The Bertz CT molecular complexity index is 955. The van der Waals surface area contributed by atoms with Crippen molar-refractivity contribution in [1.29, 1.82) is 0 Å². The van der Waals surface area contributed by atoms with Gasteiger partial charge in [0.15, 0.2) is 21.3 Å². The normalized spacial score (nSPS) is 18.6. The van der Waals surface area contributed by atoms with E-state index in [1.165, 1.54) is 14.2 Å². The molecular formula is C20H23NO5S. The summed E-state index contributed by atoms with van der Waals surface area (Å²) in [6.45, 7) is 2.44. The number of methoxy groups -OCH3 is 2. The van der Waals surface area contributed by atoms with Crippen molar-refractivity contribution in [3.05, 3.63) is 48.0 Å². The van der Waals surface area contributed by atoms with Crippen LogP contribution in [0.15, 0.2) is 47.4 Å². The van der Waals surface area contributed by atoms with E-state index in [9.17, 15) is 13.2 Å². The van der Waals surface area contributed by atoms with Gasteiger partial charge in [0.1, 0.15) is 0 Å². The number of amides is 1. The quantitative estimate of drug-likeness (QED) is 0.784. The monoisotopic (exact) mass is 389 g/mol. The van der Waals surface area contributed by atoms with Gasteiger partial charge in [-0.05, 0) is 36.2 Å². The predicted octanol–water partition coefficient (Wildman–Crippen LogP) is 3.37. The maximum atomic E-state index is 13.4. The minimum absolute atomic E-state index is 0.119. The summed E-state index contributed by atoms with van der Waals surface area (Å²) in [5, 5.41) is -0.979. The van der Waals surface area contributed by atoms with Crippen molar-refractivity contribution >= 4 is 21.4 Å². The molecule has 0 bridgehead atoms. The first-order valence-electron chi connectivity index (χ1n) is 8.79. The number of hydrogen-bond acceptors (Lipinski definition) is 5. The number of rotatable bonds is 5. The van der Waals surface area contributed by atoms with Gasteiger partial charge in [-0.15, -0.1) is 0 Å². The van der Waals surface area contributed by atoms with Crippen LogP contribution >= 0.6 is 0 Å². The third-order valence-corrected chi connectivity index (χ3v) is 6.87. The zero-order valence-corrected chi connectivity index (χ0v) is 16.5. The van der Waals surface area contributed by atoms with Gasteiger partial charge in [0.25, 0.3) is 0 Å². The van der Waals surface area contributed by atoms with Gasteiger partial charge in [0, 0.05) is 13.0 Å². The first-order valence-corrected chi connectivity index (χ1v) is 10.3. The van der Waals surface area contributed by atoms with E-state index >= 15 is 0 Å². The van der Waals surface area contributed by atoms with E-state index in [2.05, 4.69) is 0 Å². The fourth-order valence-electron chi connectivity index (χ4n) is 3.41. The van der Waals surface area contributed by atoms with E-state index in [1.54, 1.807) is 47.4 Å². The van der Waals surface area contributed by atoms with E-state index in [1.807, 2.05) is 6.92 Å². The van der Waals surface area contributed by atoms with Crippen molar-refractivity contribution in [2.75, 3.05) is 25.7 Å². The number of carbonyl (C=O) groups excluding carboxylic acids is 1. The highest BCUT2D eigenvalue weighted by Gasteiger charge is 2.39. The van der Waals surface area contributed by atoms with Gasteiger partial charge < -0.3 is 14.4 Å². The summed E-state index contributed by atoms with van der Waals surface area (Å²) >= 11 is 0. The average Bonchev–Trinajstić information content (AvgIpc) is 2.76. The van der Waals surface area contributed by atoms with Crippen LogP contribution in [0.25, 0.3) is 0 Å². The molecule has 7 heteroatoms. The van der Waals surface area contributed by atoms with Crippen molar-refractivity contribution in [1.82, 2.24) is 0 Å². The summed E-state index contributed by atoms with van der Waals surface area (Å²) in [5.41, 5.74) is 0.960. The summed E-state index contributed by atoms with van der Waals surface area (Å²) < 4.78 is 37.4. The van der Waals surface area contributed by atoms with Crippen molar-refractivity contribution in [3.63, 3.8) is 0 Å². The maximum Gasteiger partial charge on any atom is 0.228 e. The molecule has 0 aliphatic carbocycles. The first kappa shape index (κ1) is 19.2. The second-order valence-corrected chi connectivity index (χ2v) is 8.46. The molecule has 0 spiro atoms. The molecule has 0 fully saturated rings. The number of hydrogen-bond donors (Lipinski definition) is 0. The van der Waals surface area contributed by atoms with E-state index in [4.69, 9.17) is 9.47 Å². The largest absolute Gasteiger partial charge is 0.493 e. The number of para-hydroxylation sites is 1. The Labute approximate surface area is 159 Å². The Balaban J connectivity index is 2.17. The Morgan fingerprint density at radius 3 is 2.44 bits per heavy atom. The molecule has 0 saturated heterocycles. The van der Waals surface area contributed by atoms with Crippen LogP contribution in [-0.2, 0) is 14.6 Å². The molecule has 2 aromatic carbocycles. The molecule has 0 saturated carbocycles. The fourth-order valence-corrected chi connectivity index (χ4v) is 5.32. The number of fused-ring (bicyclic) bond motifs is 1. The van der Waals surface area contributed by atoms with Gasteiger partial charge in [0.2, 0.25) is 5.91 Å². The zero-order valence-electron chi connectivity index (χ0n) is 15.6. The van der Waals surface area contributed by atoms with Crippen LogP contribution in [0.5, 0.6) is 11.5 Å². The summed E-state index contributed by atoms with van der Waals surface area (Å²) in [6.07, 6.45) is 0.619. The summed E-state index contributed by atoms with van der Waals surface area (Å²) in [5.74, 6) is 0.734. The second kappa shape index (κ2) is 7.60. The number of carbonyl (C=O) groups is 1. The van der Waals surface area contributed by atoms with Crippen molar-refractivity contribution in [2.24, 2.45) is 0 Å². The van der Waals surface area contributed by atoms with E-state index in [0.29, 0.717) is 29.3 Å². The molecule has 0 aromatic heterocycles. The van der Waals surface area contributed by atoms with Crippen LogP contribution in [0.1, 0.15) is 30.6 Å². The third-order valence-electron chi connectivity index (χ3n) is 4.72. The first-order chi connectivity index (χ1) is 12.9. The molecule has 1 atom stereocenters. The van der Waals surface area contributed by atoms with Gasteiger partial charge in [-0.2, -0.15) is 0 Å². The molecule has 1 aliphatic rings. The molecule has 1 heterocycles. The van der Waals surface area contributed by atoms with Crippen LogP contribution < -0.4 is 14.4 Å². The standard InChI is InChI=1S/C20H23NO5S/c1-4-11-21-15-7-5-6-8-18(15)27(23,24)19(13-20(21)22)14-9-10-16(25-2)17(12-14)26-3/h5-10,12,19H,4,11,13H2,1-3H3. The average molecular weight is 389 g/mol. The van der Waals surface area contributed by atoms with Crippen LogP contribution in [-0.4, -0.2) is 35.1 Å². The van der Waals surface area contributed by atoms with E-state index in [-0.39, 0.29) is 17.2 Å². The van der Waals surface area contributed by atoms with E-state index in [0.717, 1.165) is 6.42 Å². The molecule has 0 radical (unpaired) electrons. The smallest absolute Gasteiger partial charge is 0.228 e. The van der Waals surface area contributed by atoms with Crippen molar-refractivity contribution in [2.45, 2.75) is 29.9 Å². The maximum absolute atomic E-state index is 13.4. The lowest BCUT2D eigenvalue weighted by Gasteiger charge is -2.21. The Morgan fingerprint density at radius 2 is 1.78 bits per heavy atom. The molecule has 144 valence electrons. The molecule has 3 rings (SSSR count). The molecular weight excluding hydrogens is 366 g/mol. The number of nitrogens with zero attached hydrogens (tertiary/aromatic N) is 1. The zero-order chi connectivity index (χ0) is 19.6. The van der Waals surface area contributed by atoms with Crippen LogP contribution in [0.3, 0.4) is 0 Å². The minimum Gasteiger partial charge on any atom is -0.493 e. The number of sulfone groups is 1. The predicted molar refractivity (Wildman–Crippen MR) is 103 cm³/mol. The van der Waals surface area contributed by atoms with Gasteiger partial charge in [-0.1, -0.05) is 25.1 Å². The molecule has 1 unspecified atom stereocenters. The highest BCUT2D eigenvalue weighted by molar-refractivity contribution is 7.92. The summed E-state index contributed by atoms with van der Waals surface area (Å²) in [4.78, 5) is 14.7. The lowest BCUT2D eigenvalue weighted by molar-refractivity contribution is -0.118. The Kier molecular flexibility index (Phi) is 5.41. The highest BCUT2D eigenvalue weighted by atomic mass is 32.2.